The van der Waals surface area contributed by atoms with E-state index in [1.165, 1.54) is 28.0 Å². The summed E-state index contributed by atoms with van der Waals surface area (Å²) in [5.74, 6) is -0.931. The minimum Gasteiger partial charge on any atom is -0.426 e. The molecule has 0 radical (unpaired) electrons. The van der Waals surface area contributed by atoms with E-state index in [2.05, 4.69) is 16.8 Å². The predicted octanol–water partition coefficient (Wildman–Crippen LogP) is 2.14. The van der Waals surface area contributed by atoms with Gasteiger partial charge in [0.05, 0.1) is 12.3 Å². The number of carbonyl (C=O) groups excluding carboxylic acids is 2. The van der Waals surface area contributed by atoms with Crippen LogP contribution >= 0.6 is 0 Å². The number of hydrogen-bond acceptors (Lipinski definition) is 6. The Labute approximate surface area is 139 Å². The van der Waals surface area contributed by atoms with E-state index in [1.807, 2.05) is 0 Å². The van der Waals surface area contributed by atoms with Crippen molar-refractivity contribution >= 4 is 18.6 Å². The van der Waals surface area contributed by atoms with Crippen molar-refractivity contribution in [3.05, 3.63) is 28.6 Å². The summed E-state index contributed by atoms with van der Waals surface area (Å²) in [5.41, 5.74) is 0.497. The zero-order valence-corrected chi connectivity index (χ0v) is 14.4. The van der Waals surface area contributed by atoms with Gasteiger partial charge < -0.3 is 9.47 Å². The van der Waals surface area contributed by atoms with Crippen molar-refractivity contribution in [2.24, 2.45) is 4.99 Å². The zero-order chi connectivity index (χ0) is 18.4. The van der Waals surface area contributed by atoms with Crippen LogP contribution in [-0.2, 0) is 16.2 Å². The molecule has 0 bridgehead atoms. The maximum Gasteiger partial charge on any atom is 0.417 e. The standard InChI is InChI=1S/C15H21FN4O4/c1-9(7-23-6)14(17-4)19(5)15(22)24-8-20-10(2)12(16)13(18-20)11(3)21/h4,7-8H2,1-3,5-6H3/b14-9-. The average Bonchev–Trinajstić information content (AvgIpc) is 2.81. The zero-order valence-electron chi connectivity index (χ0n) is 14.4. The van der Waals surface area contributed by atoms with Crippen LogP contribution in [0.15, 0.2) is 16.4 Å². The Morgan fingerprint density at radius 1 is 1.42 bits per heavy atom. The summed E-state index contributed by atoms with van der Waals surface area (Å²) in [5, 5.41) is 3.80. The fourth-order valence-electron chi connectivity index (χ4n) is 1.98. The molecular formula is C15H21FN4O4. The molecule has 1 heterocycles. The first-order valence-corrected chi connectivity index (χ1v) is 7.04. The molecule has 0 aliphatic rings. The molecule has 0 spiro atoms. The summed E-state index contributed by atoms with van der Waals surface area (Å²) in [7, 11) is 2.98. The van der Waals surface area contributed by atoms with E-state index in [4.69, 9.17) is 9.47 Å². The van der Waals surface area contributed by atoms with Gasteiger partial charge in [0.1, 0.15) is 5.82 Å². The number of Topliss-reactive ketones (excluding diaryl/α,β-unsaturated/α-hetero) is 1. The van der Waals surface area contributed by atoms with E-state index in [0.717, 1.165) is 9.58 Å². The van der Waals surface area contributed by atoms with Crippen LogP contribution in [0.4, 0.5) is 9.18 Å². The third kappa shape index (κ3) is 4.25. The molecule has 0 saturated heterocycles. The van der Waals surface area contributed by atoms with Gasteiger partial charge in [0, 0.05) is 21.1 Å². The van der Waals surface area contributed by atoms with Gasteiger partial charge in [-0.1, -0.05) is 0 Å². The van der Waals surface area contributed by atoms with Crippen LogP contribution in [0.2, 0.25) is 0 Å². The quantitative estimate of drug-likeness (QED) is 0.561. The Balaban J connectivity index is 2.86. The highest BCUT2D eigenvalue weighted by atomic mass is 19.1. The molecule has 1 amide bonds. The molecule has 0 saturated carbocycles. The van der Waals surface area contributed by atoms with Gasteiger partial charge >= 0.3 is 6.09 Å². The smallest absolute Gasteiger partial charge is 0.417 e. The Kier molecular flexibility index (Phi) is 6.78. The number of hydrogen-bond donors (Lipinski definition) is 0. The highest BCUT2D eigenvalue weighted by molar-refractivity contribution is 5.92. The van der Waals surface area contributed by atoms with Crippen molar-refractivity contribution in [1.29, 1.82) is 0 Å². The van der Waals surface area contributed by atoms with Crippen LogP contribution in [0.1, 0.15) is 30.0 Å². The highest BCUT2D eigenvalue weighted by Gasteiger charge is 2.20. The molecule has 0 unspecified atom stereocenters. The molecule has 1 aromatic heterocycles. The molecular weight excluding hydrogens is 319 g/mol. The topological polar surface area (TPSA) is 86.0 Å². The SMILES string of the molecule is C=N/C(=C(\C)COC)N(C)C(=O)OCn1nc(C(C)=O)c(F)c1C. The first kappa shape index (κ1) is 19.5. The molecule has 9 heteroatoms. The Hall–Kier alpha value is -2.55. The fraction of sp³-hybridized carbons (Fsp3) is 0.467. The largest absolute Gasteiger partial charge is 0.426 e. The van der Waals surface area contributed by atoms with Crippen LogP contribution in [-0.4, -0.2) is 54.0 Å². The van der Waals surface area contributed by atoms with Gasteiger partial charge in [-0.2, -0.15) is 5.10 Å². The Morgan fingerprint density at radius 3 is 2.50 bits per heavy atom. The van der Waals surface area contributed by atoms with E-state index in [0.29, 0.717) is 11.4 Å². The number of ketones is 1. The summed E-state index contributed by atoms with van der Waals surface area (Å²) in [6, 6.07) is 0. The minimum atomic E-state index is -0.729. The summed E-state index contributed by atoms with van der Waals surface area (Å²) in [6.45, 7) is 7.74. The monoisotopic (exact) mass is 340 g/mol. The van der Waals surface area contributed by atoms with Crippen LogP contribution in [0.25, 0.3) is 0 Å². The highest BCUT2D eigenvalue weighted by Crippen LogP contribution is 2.14. The number of nitrogens with zero attached hydrogens (tertiary/aromatic N) is 4. The summed E-state index contributed by atoms with van der Waals surface area (Å²) < 4.78 is 25.0. The normalized spacial score (nSPS) is 11.8. The Morgan fingerprint density at radius 2 is 2.04 bits per heavy atom. The van der Waals surface area contributed by atoms with Gasteiger partial charge in [0.25, 0.3) is 0 Å². The summed E-state index contributed by atoms with van der Waals surface area (Å²) in [4.78, 5) is 28.3. The molecule has 132 valence electrons. The van der Waals surface area contributed by atoms with E-state index in [-0.39, 0.29) is 24.7 Å². The number of carbonyl (C=O) groups is 2. The molecule has 0 atom stereocenters. The third-order valence-corrected chi connectivity index (χ3v) is 3.26. The lowest BCUT2D eigenvalue weighted by atomic mass is 10.3. The first-order chi connectivity index (χ1) is 11.2. The average molecular weight is 340 g/mol. The summed E-state index contributed by atoms with van der Waals surface area (Å²) in [6.07, 6.45) is -0.729. The molecule has 1 aromatic rings. The lowest BCUT2D eigenvalue weighted by Crippen LogP contribution is -2.28. The van der Waals surface area contributed by atoms with Gasteiger partial charge in [0.15, 0.2) is 24.0 Å². The number of aromatic nitrogens is 2. The number of halogens is 1. The lowest BCUT2D eigenvalue weighted by molar-refractivity contribution is 0.0834. The molecule has 0 aliphatic heterocycles. The minimum absolute atomic E-state index is 0.101. The third-order valence-electron chi connectivity index (χ3n) is 3.26. The molecule has 1 rings (SSSR count). The molecule has 0 N–H and O–H groups in total. The number of ether oxygens (including phenoxy) is 2. The predicted molar refractivity (Wildman–Crippen MR) is 85.3 cm³/mol. The van der Waals surface area contributed by atoms with Gasteiger partial charge in [-0.25, -0.2) is 18.9 Å². The lowest BCUT2D eigenvalue weighted by Gasteiger charge is -2.19. The van der Waals surface area contributed by atoms with Crippen LogP contribution < -0.4 is 0 Å². The van der Waals surface area contributed by atoms with Gasteiger partial charge in [-0.3, -0.25) is 9.69 Å². The molecule has 0 fully saturated rings. The van der Waals surface area contributed by atoms with Crippen molar-refractivity contribution in [1.82, 2.24) is 14.7 Å². The number of methoxy groups -OCH3 is 1. The van der Waals surface area contributed by atoms with E-state index < -0.39 is 17.7 Å². The van der Waals surface area contributed by atoms with Crippen LogP contribution in [0.3, 0.4) is 0 Å². The van der Waals surface area contributed by atoms with E-state index >= 15 is 0 Å². The number of rotatable bonds is 7. The molecule has 8 nitrogen and oxygen atoms in total. The second-order valence-corrected chi connectivity index (χ2v) is 5.10. The van der Waals surface area contributed by atoms with Gasteiger partial charge in [-0.05, 0) is 26.1 Å². The molecule has 0 aromatic carbocycles. The van der Waals surface area contributed by atoms with Gasteiger partial charge in [0.2, 0.25) is 0 Å². The maximum absolute atomic E-state index is 13.8. The van der Waals surface area contributed by atoms with Crippen molar-refractivity contribution in [2.45, 2.75) is 27.5 Å². The number of aliphatic imine (C=N–C) groups is 1. The Bertz CT molecular complexity index is 681. The van der Waals surface area contributed by atoms with Crippen molar-refractivity contribution < 1.29 is 23.5 Å². The van der Waals surface area contributed by atoms with Crippen molar-refractivity contribution in [2.75, 3.05) is 20.8 Å². The number of amides is 1. The molecule has 24 heavy (non-hydrogen) atoms. The second-order valence-electron chi connectivity index (χ2n) is 5.10. The van der Waals surface area contributed by atoms with E-state index in [9.17, 15) is 14.0 Å². The van der Waals surface area contributed by atoms with Crippen LogP contribution in [0, 0.1) is 12.7 Å². The van der Waals surface area contributed by atoms with Gasteiger partial charge in [-0.15, -0.1) is 0 Å². The fourth-order valence-corrected chi connectivity index (χ4v) is 1.98. The van der Waals surface area contributed by atoms with E-state index in [1.54, 1.807) is 6.92 Å². The van der Waals surface area contributed by atoms with Crippen molar-refractivity contribution in [3.8, 4) is 0 Å². The first-order valence-electron chi connectivity index (χ1n) is 7.04. The maximum atomic E-state index is 13.8. The molecule has 0 aliphatic carbocycles. The van der Waals surface area contributed by atoms with Crippen LogP contribution in [0.5, 0.6) is 0 Å². The second kappa shape index (κ2) is 8.34. The van der Waals surface area contributed by atoms with Crippen molar-refractivity contribution in [3.63, 3.8) is 0 Å². The summed E-state index contributed by atoms with van der Waals surface area (Å²) >= 11 is 0.